The van der Waals surface area contributed by atoms with Crippen molar-refractivity contribution in [3.05, 3.63) is 34.6 Å². The zero-order chi connectivity index (χ0) is 13.8. The second-order valence-corrected chi connectivity index (χ2v) is 5.49. The molecule has 1 amide bonds. The molecule has 1 N–H and O–H groups in total. The first-order valence-electron chi connectivity index (χ1n) is 6.46. The molecule has 5 heteroatoms. The second kappa shape index (κ2) is 6.35. The Hall–Kier alpha value is -1.13. The Bertz CT molecular complexity index is 459. The number of halogens is 2. The minimum atomic E-state index is -0.425. The number of nitrogens with zero attached hydrogens (tertiary/aromatic N) is 1. The third kappa shape index (κ3) is 4.18. The van der Waals surface area contributed by atoms with E-state index in [-0.39, 0.29) is 18.4 Å². The van der Waals surface area contributed by atoms with Gasteiger partial charge in [-0.3, -0.25) is 4.79 Å². The van der Waals surface area contributed by atoms with Crippen LogP contribution in [0.4, 0.5) is 4.39 Å². The number of likely N-dealkylation sites (tertiary alicyclic amines) is 1. The number of carbonyl (C=O) groups is 1. The Morgan fingerprint density at radius 1 is 1.47 bits per heavy atom. The molecule has 0 radical (unpaired) electrons. The van der Waals surface area contributed by atoms with Crippen LogP contribution in [0.3, 0.4) is 0 Å². The van der Waals surface area contributed by atoms with Crippen molar-refractivity contribution >= 4 is 17.5 Å². The SMILES string of the molecule is CN1CCC(NC(=O)Cc2ccc(Cl)cc2F)CC1. The molecule has 2 rings (SSSR count). The minimum Gasteiger partial charge on any atom is -0.353 e. The Morgan fingerprint density at radius 2 is 2.16 bits per heavy atom. The van der Waals surface area contributed by atoms with Crippen molar-refractivity contribution in [1.82, 2.24) is 10.2 Å². The van der Waals surface area contributed by atoms with Gasteiger partial charge >= 0.3 is 0 Å². The largest absolute Gasteiger partial charge is 0.353 e. The van der Waals surface area contributed by atoms with Crippen LogP contribution in [-0.2, 0) is 11.2 Å². The monoisotopic (exact) mass is 284 g/mol. The molecule has 0 atom stereocenters. The molecular weight excluding hydrogens is 267 g/mol. The first-order valence-corrected chi connectivity index (χ1v) is 6.84. The van der Waals surface area contributed by atoms with Gasteiger partial charge in [-0.15, -0.1) is 0 Å². The van der Waals surface area contributed by atoms with E-state index < -0.39 is 5.82 Å². The van der Waals surface area contributed by atoms with Gasteiger partial charge in [0.15, 0.2) is 0 Å². The highest BCUT2D eigenvalue weighted by atomic mass is 35.5. The van der Waals surface area contributed by atoms with Gasteiger partial charge in [-0.1, -0.05) is 17.7 Å². The lowest BCUT2D eigenvalue weighted by molar-refractivity contribution is -0.121. The topological polar surface area (TPSA) is 32.3 Å². The molecule has 0 aromatic heterocycles. The average molecular weight is 285 g/mol. The van der Waals surface area contributed by atoms with Crippen LogP contribution < -0.4 is 5.32 Å². The Labute approximate surface area is 117 Å². The molecule has 0 bridgehead atoms. The summed E-state index contributed by atoms with van der Waals surface area (Å²) in [7, 11) is 2.07. The van der Waals surface area contributed by atoms with Crippen LogP contribution in [0.15, 0.2) is 18.2 Å². The van der Waals surface area contributed by atoms with Crippen LogP contribution in [0, 0.1) is 5.82 Å². The summed E-state index contributed by atoms with van der Waals surface area (Å²) in [6, 6.07) is 4.60. The Balaban J connectivity index is 1.87. The molecular formula is C14H18ClFN2O. The summed E-state index contributed by atoms with van der Waals surface area (Å²) in [5, 5.41) is 3.31. The molecule has 1 aliphatic heterocycles. The Morgan fingerprint density at radius 3 is 2.79 bits per heavy atom. The number of piperidine rings is 1. The number of carbonyl (C=O) groups excluding carboxylic acids is 1. The number of nitrogens with one attached hydrogen (secondary N) is 1. The number of rotatable bonds is 3. The molecule has 0 aliphatic carbocycles. The summed E-state index contributed by atoms with van der Waals surface area (Å²) in [5.41, 5.74) is 0.384. The highest BCUT2D eigenvalue weighted by Gasteiger charge is 2.19. The third-order valence-electron chi connectivity index (χ3n) is 3.45. The second-order valence-electron chi connectivity index (χ2n) is 5.06. The smallest absolute Gasteiger partial charge is 0.224 e. The average Bonchev–Trinajstić information content (AvgIpc) is 2.36. The van der Waals surface area contributed by atoms with Crippen LogP contribution in [-0.4, -0.2) is 37.0 Å². The molecule has 1 saturated heterocycles. The fourth-order valence-corrected chi connectivity index (χ4v) is 2.43. The lowest BCUT2D eigenvalue weighted by Gasteiger charge is -2.29. The van der Waals surface area contributed by atoms with Gasteiger partial charge in [-0.2, -0.15) is 0 Å². The first-order chi connectivity index (χ1) is 9.04. The van der Waals surface area contributed by atoms with E-state index in [1.165, 1.54) is 6.07 Å². The van der Waals surface area contributed by atoms with Crippen LogP contribution in [0.2, 0.25) is 5.02 Å². The van der Waals surface area contributed by atoms with Crippen LogP contribution in [0.5, 0.6) is 0 Å². The molecule has 0 saturated carbocycles. The van der Waals surface area contributed by atoms with Crippen LogP contribution in [0.1, 0.15) is 18.4 Å². The number of hydrogen-bond acceptors (Lipinski definition) is 2. The predicted molar refractivity (Wildman–Crippen MR) is 73.8 cm³/mol. The molecule has 0 spiro atoms. The zero-order valence-electron chi connectivity index (χ0n) is 11.0. The van der Waals surface area contributed by atoms with E-state index in [0.29, 0.717) is 10.6 Å². The molecule has 1 fully saturated rings. The third-order valence-corrected chi connectivity index (χ3v) is 3.68. The van der Waals surface area contributed by atoms with Gasteiger partial charge in [0.2, 0.25) is 5.91 Å². The summed E-state index contributed by atoms with van der Waals surface area (Å²) < 4.78 is 13.6. The van der Waals surface area contributed by atoms with Crippen LogP contribution in [0.25, 0.3) is 0 Å². The highest BCUT2D eigenvalue weighted by molar-refractivity contribution is 6.30. The fourth-order valence-electron chi connectivity index (χ4n) is 2.27. The highest BCUT2D eigenvalue weighted by Crippen LogP contribution is 2.15. The van der Waals surface area contributed by atoms with Crippen molar-refractivity contribution in [2.24, 2.45) is 0 Å². The summed E-state index contributed by atoms with van der Waals surface area (Å²) in [5.74, 6) is -0.554. The minimum absolute atomic E-state index is 0.0648. The van der Waals surface area contributed by atoms with Crippen molar-refractivity contribution in [3.63, 3.8) is 0 Å². The maximum Gasteiger partial charge on any atom is 0.224 e. The van der Waals surface area contributed by atoms with Gasteiger partial charge < -0.3 is 10.2 Å². The fraction of sp³-hybridized carbons (Fsp3) is 0.500. The molecule has 3 nitrogen and oxygen atoms in total. The van der Waals surface area contributed by atoms with Crippen molar-refractivity contribution in [2.45, 2.75) is 25.3 Å². The van der Waals surface area contributed by atoms with E-state index in [4.69, 9.17) is 11.6 Å². The van der Waals surface area contributed by atoms with E-state index in [1.54, 1.807) is 12.1 Å². The molecule has 0 unspecified atom stereocenters. The predicted octanol–water partition coefficient (Wildman–Crippen LogP) is 2.23. The van der Waals surface area contributed by atoms with E-state index in [9.17, 15) is 9.18 Å². The van der Waals surface area contributed by atoms with Crippen molar-refractivity contribution in [1.29, 1.82) is 0 Å². The lowest BCUT2D eigenvalue weighted by atomic mass is 10.0. The summed E-state index contributed by atoms with van der Waals surface area (Å²) >= 11 is 5.68. The molecule has 104 valence electrons. The van der Waals surface area contributed by atoms with Gasteiger partial charge in [0.1, 0.15) is 5.82 Å². The normalized spacial score (nSPS) is 17.4. The summed E-state index contributed by atoms with van der Waals surface area (Å²) in [4.78, 5) is 14.1. The lowest BCUT2D eigenvalue weighted by Crippen LogP contribution is -2.43. The molecule has 19 heavy (non-hydrogen) atoms. The van der Waals surface area contributed by atoms with Gasteiger partial charge in [-0.05, 0) is 50.7 Å². The van der Waals surface area contributed by atoms with E-state index >= 15 is 0 Å². The molecule has 1 aliphatic rings. The molecule has 1 aromatic rings. The number of hydrogen-bond donors (Lipinski definition) is 1. The maximum absolute atomic E-state index is 13.6. The maximum atomic E-state index is 13.6. The number of amides is 1. The van der Waals surface area contributed by atoms with Gasteiger partial charge in [0, 0.05) is 11.1 Å². The van der Waals surface area contributed by atoms with Gasteiger partial charge in [0.25, 0.3) is 0 Å². The van der Waals surface area contributed by atoms with Gasteiger partial charge in [-0.25, -0.2) is 4.39 Å². The Kier molecular flexibility index (Phi) is 4.77. The molecule has 1 aromatic carbocycles. The first kappa shape index (κ1) is 14.3. The van der Waals surface area contributed by atoms with Crippen LogP contribution >= 0.6 is 11.6 Å². The van der Waals surface area contributed by atoms with E-state index in [0.717, 1.165) is 25.9 Å². The molecule has 1 heterocycles. The number of benzene rings is 1. The zero-order valence-corrected chi connectivity index (χ0v) is 11.7. The van der Waals surface area contributed by atoms with Gasteiger partial charge in [0.05, 0.1) is 6.42 Å². The van der Waals surface area contributed by atoms with Crippen molar-refractivity contribution < 1.29 is 9.18 Å². The van der Waals surface area contributed by atoms with Crippen molar-refractivity contribution in [3.8, 4) is 0 Å². The summed E-state index contributed by atoms with van der Waals surface area (Å²) in [6.07, 6.45) is 1.96. The van der Waals surface area contributed by atoms with E-state index in [2.05, 4.69) is 17.3 Å². The van der Waals surface area contributed by atoms with Crippen molar-refractivity contribution in [2.75, 3.05) is 20.1 Å². The summed E-state index contributed by atoms with van der Waals surface area (Å²) in [6.45, 7) is 1.97. The van der Waals surface area contributed by atoms with E-state index in [1.807, 2.05) is 0 Å². The quantitative estimate of drug-likeness (QED) is 0.923. The standard InChI is InChI=1S/C14H18ClFN2O/c1-18-6-4-12(5-7-18)17-14(19)8-10-2-3-11(15)9-13(10)16/h2-3,9,12H,4-8H2,1H3,(H,17,19).